The molecule has 0 fully saturated rings. The van der Waals surface area contributed by atoms with Crippen LogP contribution in [0.2, 0.25) is 0 Å². The van der Waals surface area contributed by atoms with Crippen molar-refractivity contribution in [3.63, 3.8) is 0 Å². The summed E-state index contributed by atoms with van der Waals surface area (Å²) in [6, 6.07) is 11.6. The molecule has 0 spiro atoms. The smallest absolute Gasteiger partial charge is 0.224 e. The maximum absolute atomic E-state index is 5.88. The van der Waals surface area contributed by atoms with Crippen molar-refractivity contribution >= 4 is 0 Å². The molecule has 0 bridgehead atoms. The Labute approximate surface area is 113 Å². The Kier molecular flexibility index (Phi) is 4.36. The van der Waals surface area contributed by atoms with Crippen molar-refractivity contribution < 1.29 is 9.47 Å². The van der Waals surface area contributed by atoms with E-state index in [-0.39, 0.29) is 6.04 Å². The highest BCUT2D eigenvalue weighted by Crippen LogP contribution is 2.33. The largest absolute Gasteiger partial charge is 0.493 e. The van der Waals surface area contributed by atoms with Crippen LogP contribution < -0.4 is 14.8 Å². The molecule has 0 aliphatic heterocycles. The fourth-order valence-corrected chi connectivity index (χ4v) is 1.78. The second-order valence-corrected chi connectivity index (χ2v) is 4.16. The van der Waals surface area contributed by atoms with Crippen LogP contribution in [0.5, 0.6) is 17.4 Å². The quantitative estimate of drug-likeness (QED) is 0.894. The lowest BCUT2D eigenvalue weighted by molar-refractivity contribution is 0.371. The number of nitrogens with one attached hydrogen (secondary N) is 1. The van der Waals surface area contributed by atoms with Gasteiger partial charge in [0, 0.05) is 17.8 Å². The fourth-order valence-electron chi connectivity index (χ4n) is 1.78. The third kappa shape index (κ3) is 3.03. The number of hydrogen-bond donors (Lipinski definition) is 1. The van der Waals surface area contributed by atoms with Gasteiger partial charge in [-0.25, -0.2) is 4.98 Å². The highest BCUT2D eigenvalue weighted by molar-refractivity contribution is 5.43. The summed E-state index contributed by atoms with van der Waals surface area (Å²) in [5, 5.41) is 3.18. The second kappa shape index (κ2) is 6.20. The molecule has 1 aromatic carbocycles. The number of ether oxygens (including phenoxy) is 2. The molecule has 4 heteroatoms. The van der Waals surface area contributed by atoms with E-state index < -0.39 is 0 Å². The first-order valence-corrected chi connectivity index (χ1v) is 6.19. The van der Waals surface area contributed by atoms with E-state index in [9.17, 15) is 0 Å². The molecule has 2 aromatic rings. The van der Waals surface area contributed by atoms with Crippen LogP contribution in [-0.2, 0) is 0 Å². The van der Waals surface area contributed by atoms with Crippen LogP contribution in [0.25, 0.3) is 0 Å². The topological polar surface area (TPSA) is 43.4 Å². The molecule has 0 radical (unpaired) electrons. The average molecular weight is 258 g/mol. The summed E-state index contributed by atoms with van der Waals surface area (Å²) >= 11 is 0. The Morgan fingerprint density at radius 3 is 2.53 bits per heavy atom. The highest BCUT2D eigenvalue weighted by atomic mass is 16.5. The Balaban J connectivity index is 2.33. The number of nitrogens with zero attached hydrogens (tertiary/aromatic N) is 1. The van der Waals surface area contributed by atoms with E-state index in [1.807, 2.05) is 43.4 Å². The first-order valence-electron chi connectivity index (χ1n) is 6.19. The predicted molar refractivity (Wildman–Crippen MR) is 74.8 cm³/mol. The molecule has 0 amide bonds. The van der Waals surface area contributed by atoms with Gasteiger partial charge in [0.15, 0.2) is 11.5 Å². The summed E-state index contributed by atoms with van der Waals surface area (Å²) in [5.74, 6) is 1.94. The van der Waals surface area contributed by atoms with E-state index in [1.54, 1.807) is 13.3 Å². The predicted octanol–water partition coefficient (Wildman–Crippen LogP) is 3.16. The second-order valence-electron chi connectivity index (χ2n) is 4.16. The van der Waals surface area contributed by atoms with E-state index >= 15 is 0 Å². The minimum atomic E-state index is 0.165. The summed E-state index contributed by atoms with van der Waals surface area (Å²) in [4.78, 5) is 4.30. The molecular weight excluding hydrogens is 240 g/mol. The van der Waals surface area contributed by atoms with E-state index in [4.69, 9.17) is 9.47 Å². The van der Waals surface area contributed by atoms with Crippen molar-refractivity contribution in [3.8, 4) is 17.4 Å². The Morgan fingerprint density at radius 1 is 1.11 bits per heavy atom. The lowest BCUT2D eigenvalue weighted by atomic mass is 10.1. The van der Waals surface area contributed by atoms with Gasteiger partial charge < -0.3 is 14.8 Å². The van der Waals surface area contributed by atoms with E-state index in [2.05, 4.69) is 17.2 Å². The summed E-state index contributed by atoms with van der Waals surface area (Å²) in [5.41, 5.74) is 1.01. The molecule has 1 heterocycles. The molecule has 0 saturated heterocycles. The molecule has 19 heavy (non-hydrogen) atoms. The summed E-state index contributed by atoms with van der Waals surface area (Å²) in [6.07, 6.45) is 1.72. The van der Waals surface area contributed by atoms with Gasteiger partial charge in [0.2, 0.25) is 5.88 Å². The Bertz CT molecular complexity index is 543. The van der Waals surface area contributed by atoms with Crippen LogP contribution in [0.4, 0.5) is 0 Å². The molecule has 4 nitrogen and oxygen atoms in total. The monoisotopic (exact) mass is 258 g/mol. The summed E-state index contributed by atoms with van der Waals surface area (Å²) in [6.45, 7) is 2.06. The number of pyridine rings is 1. The van der Waals surface area contributed by atoms with E-state index in [1.165, 1.54) is 0 Å². The van der Waals surface area contributed by atoms with Crippen LogP contribution >= 0.6 is 0 Å². The number of aromatic nitrogens is 1. The lowest BCUT2D eigenvalue weighted by Crippen LogP contribution is -2.13. The molecule has 1 N–H and O–H groups in total. The first-order chi connectivity index (χ1) is 9.26. The fraction of sp³-hybridized carbons (Fsp3) is 0.267. The van der Waals surface area contributed by atoms with Gasteiger partial charge in [-0.2, -0.15) is 0 Å². The number of rotatable bonds is 5. The molecule has 1 atom stereocenters. The Hall–Kier alpha value is -2.07. The zero-order valence-corrected chi connectivity index (χ0v) is 11.4. The average Bonchev–Trinajstić information content (AvgIpc) is 2.47. The van der Waals surface area contributed by atoms with Gasteiger partial charge in [0.05, 0.1) is 7.11 Å². The van der Waals surface area contributed by atoms with Gasteiger partial charge in [-0.15, -0.1) is 0 Å². The summed E-state index contributed by atoms with van der Waals surface area (Å²) < 4.78 is 11.2. The highest BCUT2D eigenvalue weighted by Gasteiger charge is 2.13. The van der Waals surface area contributed by atoms with Crippen LogP contribution in [0, 0.1) is 0 Å². The number of benzene rings is 1. The minimum absolute atomic E-state index is 0.165. The number of hydrogen-bond acceptors (Lipinski definition) is 4. The third-order valence-electron chi connectivity index (χ3n) is 2.98. The molecular formula is C15H18N2O2. The van der Waals surface area contributed by atoms with E-state index in [0.717, 1.165) is 5.56 Å². The first kappa shape index (κ1) is 13.4. The zero-order valence-electron chi connectivity index (χ0n) is 11.4. The molecule has 1 aromatic heterocycles. The van der Waals surface area contributed by atoms with Crippen molar-refractivity contribution in [1.29, 1.82) is 0 Å². The summed E-state index contributed by atoms with van der Waals surface area (Å²) in [7, 11) is 3.53. The van der Waals surface area contributed by atoms with Gasteiger partial charge in [-0.05, 0) is 32.2 Å². The van der Waals surface area contributed by atoms with Crippen LogP contribution in [0.1, 0.15) is 18.5 Å². The minimum Gasteiger partial charge on any atom is -0.493 e. The van der Waals surface area contributed by atoms with Crippen molar-refractivity contribution in [2.45, 2.75) is 13.0 Å². The molecule has 0 aliphatic rings. The Morgan fingerprint density at radius 2 is 1.84 bits per heavy atom. The number of para-hydroxylation sites is 2. The standard InChI is InChI=1S/C15H18N2O2/c1-11(16-2)12-7-6-10-17-15(12)19-14-9-5-4-8-13(14)18-3/h4-11,16H,1-3H3. The van der Waals surface area contributed by atoms with Crippen molar-refractivity contribution in [2.75, 3.05) is 14.2 Å². The number of methoxy groups -OCH3 is 1. The van der Waals surface area contributed by atoms with E-state index in [0.29, 0.717) is 17.4 Å². The van der Waals surface area contributed by atoms with Gasteiger partial charge in [0.1, 0.15) is 0 Å². The van der Waals surface area contributed by atoms with Crippen molar-refractivity contribution in [2.24, 2.45) is 0 Å². The van der Waals surface area contributed by atoms with Crippen LogP contribution in [-0.4, -0.2) is 19.1 Å². The van der Waals surface area contributed by atoms with Crippen LogP contribution in [0.15, 0.2) is 42.6 Å². The third-order valence-corrected chi connectivity index (χ3v) is 2.98. The maximum atomic E-state index is 5.88. The normalized spacial score (nSPS) is 11.9. The van der Waals surface area contributed by atoms with Crippen LogP contribution in [0.3, 0.4) is 0 Å². The lowest BCUT2D eigenvalue weighted by Gasteiger charge is -2.16. The molecule has 0 saturated carbocycles. The van der Waals surface area contributed by atoms with Gasteiger partial charge in [-0.3, -0.25) is 0 Å². The van der Waals surface area contributed by atoms with Gasteiger partial charge >= 0.3 is 0 Å². The molecule has 2 rings (SSSR count). The SMILES string of the molecule is CNC(C)c1cccnc1Oc1ccccc1OC. The zero-order chi connectivity index (χ0) is 13.7. The maximum Gasteiger partial charge on any atom is 0.224 e. The van der Waals surface area contributed by atoms with Crippen molar-refractivity contribution in [3.05, 3.63) is 48.2 Å². The van der Waals surface area contributed by atoms with Gasteiger partial charge in [0.25, 0.3) is 0 Å². The molecule has 1 unspecified atom stereocenters. The van der Waals surface area contributed by atoms with Crippen molar-refractivity contribution in [1.82, 2.24) is 10.3 Å². The molecule has 100 valence electrons. The van der Waals surface area contributed by atoms with Gasteiger partial charge in [-0.1, -0.05) is 18.2 Å². The molecule has 0 aliphatic carbocycles.